The van der Waals surface area contributed by atoms with Crippen molar-refractivity contribution in [1.29, 1.82) is 0 Å². The lowest BCUT2D eigenvalue weighted by molar-refractivity contribution is -0.122. The first-order valence-electron chi connectivity index (χ1n) is 6.36. The van der Waals surface area contributed by atoms with Crippen LogP contribution < -0.4 is 5.32 Å². The van der Waals surface area contributed by atoms with Crippen LogP contribution in [0.4, 0.5) is 5.13 Å². The van der Waals surface area contributed by atoms with Crippen molar-refractivity contribution in [2.24, 2.45) is 11.8 Å². The number of amides is 1. The van der Waals surface area contributed by atoms with Gasteiger partial charge in [-0.15, -0.1) is 10.2 Å². The van der Waals surface area contributed by atoms with Crippen molar-refractivity contribution in [2.75, 3.05) is 18.5 Å². The van der Waals surface area contributed by atoms with Crippen LogP contribution in [0, 0.1) is 11.8 Å². The van der Waals surface area contributed by atoms with E-state index in [0.29, 0.717) is 24.3 Å². The molecule has 0 aliphatic carbocycles. The van der Waals surface area contributed by atoms with Crippen LogP contribution >= 0.6 is 11.3 Å². The minimum absolute atomic E-state index is 0.0468. The monoisotopic (exact) mass is 269 g/mol. The van der Waals surface area contributed by atoms with Crippen molar-refractivity contribution in [3.63, 3.8) is 0 Å². The van der Waals surface area contributed by atoms with Gasteiger partial charge in [0.2, 0.25) is 11.0 Å². The lowest BCUT2D eigenvalue weighted by atomic mass is 10.00. The van der Waals surface area contributed by atoms with Crippen LogP contribution in [0.2, 0.25) is 0 Å². The molecule has 0 saturated carbocycles. The maximum atomic E-state index is 12.0. The molecule has 0 atom stereocenters. The zero-order chi connectivity index (χ0) is 13.0. The van der Waals surface area contributed by atoms with Crippen molar-refractivity contribution in [3.05, 3.63) is 5.01 Å². The third-order valence-corrected chi connectivity index (χ3v) is 3.73. The highest BCUT2D eigenvalue weighted by Crippen LogP contribution is 2.21. The number of anilines is 1. The fraction of sp³-hybridized carbons (Fsp3) is 0.750. The van der Waals surface area contributed by atoms with Crippen LogP contribution in [0.15, 0.2) is 0 Å². The molecule has 0 unspecified atom stereocenters. The molecular weight excluding hydrogens is 250 g/mol. The molecule has 5 nitrogen and oxygen atoms in total. The number of rotatable bonds is 4. The fourth-order valence-corrected chi connectivity index (χ4v) is 2.86. The third kappa shape index (κ3) is 3.74. The normalized spacial score (nSPS) is 17.1. The second-order valence-electron chi connectivity index (χ2n) is 4.97. The summed E-state index contributed by atoms with van der Waals surface area (Å²) < 4.78 is 5.24. The molecule has 1 aromatic heterocycles. The molecule has 1 aliphatic heterocycles. The number of carbonyl (C=O) groups excluding carboxylic acids is 1. The molecule has 1 aliphatic rings. The first-order chi connectivity index (χ1) is 8.65. The molecule has 6 heteroatoms. The highest BCUT2D eigenvalue weighted by atomic mass is 32.1. The smallest absolute Gasteiger partial charge is 0.229 e. The standard InChI is InChI=1S/C12H19N3O2S/c1-8(2)7-10-14-15-12(18-10)13-11(16)9-3-5-17-6-4-9/h8-9H,3-7H2,1-2H3,(H,13,15,16). The van der Waals surface area contributed by atoms with E-state index in [-0.39, 0.29) is 11.8 Å². The van der Waals surface area contributed by atoms with E-state index in [4.69, 9.17) is 4.74 Å². The summed E-state index contributed by atoms with van der Waals surface area (Å²) in [7, 11) is 0. The van der Waals surface area contributed by atoms with Gasteiger partial charge >= 0.3 is 0 Å². The zero-order valence-electron chi connectivity index (χ0n) is 10.8. The summed E-state index contributed by atoms with van der Waals surface area (Å²) in [5.41, 5.74) is 0. The number of hydrogen-bond acceptors (Lipinski definition) is 5. The van der Waals surface area contributed by atoms with Crippen LogP contribution in [-0.2, 0) is 16.0 Å². The van der Waals surface area contributed by atoms with Crippen molar-refractivity contribution < 1.29 is 9.53 Å². The average Bonchev–Trinajstić information content (AvgIpc) is 2.76. The highest BCUT2D eigenvalue weighted by molar-refractivity contribution is 7.15. The SMILES string of the molecule is CC(C)Cc1nnc(NC(=O)C2CCOCC2)s1. The van der Waals surface area contributed by atoms with Gasteiger partial charge in [-0.1, -0.05) is 25.2 Å². The Kier molecular flexibility index (Phi) is 4.66. The predicted molar refractivity (Wildman–Crippen MR) is 70.6 cm³/mol. The molecule has 0 aromatic carbocycles. The molecule has 0 spiro atoms. The van der Waals surface area contributed by atoms with Crippen LogP contribution in [0.3, 0.4) is 0 Å². The molecule has 18 heavy (non-hydrogen) atoms. The van der Waals surface area contributed by atoms with Crippen LogP contribution in [0.5, 0.6) is 0 Å². The quantitative estimate of drug-likeness (QED) is 0.909. The van der Waals surface area contributed by atoms with Crippen molar-refractivity contribution >= 4 is 22.4 Å². The summed E-state index contributed by atoms with van der Waals surface area (Å²) in [6, 6.07) is 0. The summed E-state index contributed by atoms with van der Waals surface area (Å²) in [5.74, 6) is 0.652. The van der Waals surface area contributed by atoms with E-state index in [0.717, 1.165) is 24.3 Å². The van der Waals surface area contributed by atoms with Crippen LogP contribution in [0.1, 0.15) is 31.7 Å². The Labute approximate surface area is 111 Å². The minimum atomic E-state index is 0.0468. The Morgan fingerprint density at radius 2 is 2.17 bits per heavy atom. The second-order valence-corrected chi connectivity index (χ2v) is 6.04. The first-order valence-corrected chi connectivity index (χ1v) is 7.18. The van der Waals surface area contributed by atoms with Gasteiger partial charge < -0.3 is 10.1 Å². The van der Waals surface area contributed by atoms with E-state index in [1.807, 2.05) is 0 Å². The molecule has 0 radical (unpaired) electrons. The van der Waals surface area contributed by atoms with Gasteiger partial charge in [-0.2, -0.15) is 0 Å². The summed E-state index contributed by atoms with van der Waals surface area (Å²) in [6.45, 7) is 5.63. The Morgan fingerprint density at radius 3 is 2.83 bits per heavy atom. The Bertz CT molecular complexity index is 400. The number of carbonyl (C=O) groups is 1. The molecule has 2 heterocycles. The average molecular weight is 269 g/mol. The van der Waals surface area contributed by atoms with Gasteiger partial charge in [0.15, 0.2) is 0 Å². The van der Waals surface area contributed by atoms with Crippen molar-refractivity contribution in [2.45, 2.75) is 33.1 Å². The van der Waals surface area contributed by atoms with Gasteiger partial charge in [0, 0.05) is 25.6 Å². The number of nitrogens with one attached hydrogen (secondary N) is 1. The van der Waals surface area contributed by atoms with Crippen LogP contribution in [-0.4, -0.2) is 29.3 Å². The van der Waals surface area contributed by atoms with Gasteiger partial charge in [0.05, 0.1) is 0 Å². The number of nitrogens with zero attached hydrogens (tertiary/aromatic N) is 2. The summed E-state index contributed by atoms with van der Waals surface area (Å²) in [4.78, 5) is 12.0. The van der Waals surface area contributed by atoms with E-state index in [1.54, 1.807) is 0 Å². The number of ether oxygens (including phenoxy) is 1. The molecule has 0 bridgehead atoms. The van der Waals surface area contributed by atoms with E-state index >= 15 is 0 Å². The first kappa shape index (κ1) is 13.4. The van der Waals surface area contributed by atoms with Crippen molar-refractivity contribution in [1.82, 2.24) is 10.2 Å². The maximum absolute atomic E-state index is 12.0. The van der Waals surface area contributed by atoms with Crippen LogP contribution in [0.25, 0.3) is 0 Å². The molecule has 2 rings (SSSR count). The molecule has 1 amide bonds. The minimum Gasteiger partial charge on any atom is -0.381 e. The molecule has 1 aromatic rings. The lowest BCUT2D eigenvalue weighted by Gasteiger charge is -2.20. The van der Waals surface area contributed by atoms with E-state index in [9.17, 15) is 4.79 Å². The Balaban J connectivity index is 1.88. The van der Waals surface area contributed by atoms with E-state index < -0.39 is 0 Å². The molecule has 100 valence electrons. The van der Waals surface area contributed by atoms with Gasteiger partial charge in [-0.3, -0.25) is 4.79 Å². The van der Waals surface area contributed by atoms with E-state index in [1.165, 1.54) is 11.3 Å². The zero-order valence-corrected chi connectivity index (χ0v) is 11.6. The summed E-state index contributed by atoms with van der Waals surface area (Å²) in [6.07, 6.45) is 2.50. The summed E-state index contributed by atoms with van der Waals surface area (Å²) >= 11 is 1.47. The van der Waals surface area contributed by atoms with Gasteiger partial charge in [-0.25, -0.2) is 0 Å². The number of hydrogen-bond donors (Lipinski definition) is 1. The maximum Gasteiger partial charge on any atom is 0.229 e. The Morgan fingerprint density at radius 1 is 1.44 bits per heavy atom. The highest BCUT2D eigenvalue weighted by Gasteiger charge is 2.22. The van der Waals surface area contributed by atoms with Gasteiger partial charge in [0.25, 0.3) is 0 Å². The molecule has 1 fully saturated rings. The summed E-state index contributed by atoms with van der Waals surface area (Å²) in [5, 5.41) is 12.5. The van der Waals surface area contributed by atoms with Crippen molar-refractivity contribution in [3.8, 4) is 0 Å². The lowest BCUT2D eigenvalue weighted by Crippen LogP contribution is -2.28. The van der Waals surface area contributed by atoms with Gasteiger partial charge in [0.1, 0.15) is 5.01 Å². The fourth-order valence-electron chi connectivity index (χ4n) is 1.90. The number of aromatic nitrogens is 2. The largest absolute Gasteiger partial charge is 0.381 e. The predicted octanol–water partition coefficient (Wildman–Crippen LogP) is 2.10. The third-order valence-electron chi connectivity index (χ3n) is 2.87. The van der Waals surface area contributed by atoms with Gasteiger partial charge in [-0.05, 0) is 18.8 Å². The molecule has 1 N–H and O–H groups in total. The topological polar surface area (TPSA) is 64.1 Å². The molecular formula is C12H19N3O2S. The molecule has 1 saturated heterocycles. The Hall–Kier alpha value is -1.01. The van der Waals surface area contributed by atoms with E-state index in [2.05, 4.69) is 29.4 Å². The second kappa shape index (κ2) is 6.24.